The molecule has 1 fully saturated rings. The van der Waals surface area contributed by atoms with Crippen LogP contribution in [-0.4, -0.2) is 114 Å². The molecule has 14 heteroatoms. The van der Waals surface area contributed by atoms with Crippen molar-refractivity contribution in [1.29, 1.82) is 0 Å². The predicted molar refractivity (Wildman–Crippen MR) is 276 cm³/mol. The van der Waals surface area contributed by atoms with Crippen LogP contribution in [0.1, 0.15) is 77.3 Å². The Morgan fingerprint density at radius 2 is 1.28 bits per heavy atom. The largest absolute Gasteiger partial charge is 0.400 e. The molecule has 2 aliphatic rings. The van der Waals surface area contributed by atoms with Crippen molar-refractivity contribution >= 4 is 27.7 Å². The summed E-state index contributed by atoms with van der Waals surface area (Å²) < 4.78 is 12.0. The zero-order valence-corrected chi connectivity index (χ0v) is 42.2. The highest BCUT2D eigenvalue weighted by molar-refractivity contribution is 9.12. The molecular weight excluding hydrogens is 966 g/mol. The molecule has 69 heavy (non-hydrogen) atoms. The molecule has 12 nitrogen and oxygen atoms in total. The predicted octanol–water partition coefficient (Wildman–Crippen LogP) is 5.63. The topological polar surface area (TPSA) is 213 Å². The van der Waals surface area contributed by atoms with Crippen molar-refractivity contribution in [3.8, 4) is 70.5 Å². The molecule has 0 aromatic heterocycles. The molecule has 1 heterocycles. The molecule has 0 saturated carbocycles. The van der Waals surface area contributed by atoms with Gasteiger partial charge in [-0.3, -0.25) is 0 Å². The molecule has 372 valence electrons. The lowest BCUT2D eigenvalue weighted by Crippen LogP contribution is -2.27. The van der Waals surface area contributed by atoms with E-state index in [-0.39, 0.29) is 25.0 Å². The van der Waals surface area contributed by atoms with E-state index in [4.69, 9.17) is 31.3 Å². The highest BCUT2D eigenvalue weighted by Gasteiger charge is 2.40. The van der Waals surface area contributed by atoms with E-state index in [1.807, 2.05) is 88.4 Å². The first-order valence-electron chi connectivity index (χ1n) is 21.8. The van der Waals surface area contributed by atoms with Crippen LogP contribution >= 0.6 is 27.7 Å². The minimum atomic E-state index is -0.902. The van der Waals surface area contributed by atoms with Crippen molar-refractivity contribution in [1.82, 2.24) is 5.00 Å². The molecule has 2 aromatic carbocycles. The van der Waals surface area contributed by atoms with Crippen LogP contribution in [0.25, 0.3) is 0 Å². The second-order valence-corrected chi connectivity index (χ2v) is 15.3. The summed E-state index contributed by atoms with van der Waals surface area (Å²) in [7, 11) is 1.00. The second-order valence-electron chi connectivity index (χ2n) is 14.8. The fraction of sp³-hybridized carbons (Fsp3) is 0.418. The van der Waals surface area contributed by atoms with Gasteiger partial charge < -0.3 is 55.5 Å². The van der Waals surface area contributed by atoms with Crippen LogP contribution in [0.15, 0.2) is 103 Å². The van der Waals surface area contributed by atoms with Crippen molar-refractivity contribution < 1.29 is 55.5 Å². The minimum Gasteiger partial charge on any atom is -0.400 e. The number of allylic oxidation sites excluding steroid dienone is 5. The first-order chi connectivity index (χ1) is 33.1. The molecule has 0 radical (unpaired) electrons. The number of benzene rings is 2. The molecular formula is C55H68BrClNO11+. The van der Waals surface area contributed by atoms with Gasteiger partial charge in [0.15, 0.2) is 5.79 Å². The number of rotatable bonds is 14. The molecule has 2 aromatic rings. The Bertz CT molecular complexity index is 2140. The number of ether oxygens (including phenoxy) is 2. The SMILES string of the molecule is C#CC[C@@H](O)[C@H](O)CC1=CC=[C+]C=C1.C=C[C@H](O)C#CBr.CC[C@H](O)C#CC#CC[C@@H](O)[C@H](O)Cc1ccccc1.CC[C@H](O)C#CC#CC[C@H]1OC(C)(C)O[C@@H]1Cc1ccccc1.CO.ONCl. The van der Waals surface area contributed by atoms with E-state index in [9.17, 15) is 30.6 Å². The normalized spacial score (nSPS) is 17.0. The molecule has 1 aliphatic carbocycles. The number of aliphatic hydroxyl groups is 8. The van der Waals surface area contributed by atoms with Crippen molar-refractivity contribution in [3.05, 3.63) is 120 Å². The number of nitrogens with one attached hydrogen (secondary N) is 1. The molecule has 1 saturated heterocycles. The number of hydrogen-bond donors (Lipinski definition) is 10. The van der Waals surface area contributed by atoms with Crippen LogP contribution in [-0.2, 0) is 22.3 Å². The summed E-state index contributed by atoms with van der Waals surface area (Å²) in [6.07, 6.45) is 14.8. The average Bonchev–Trinajstić information content (AvgIpc) is 3.65. The zero-order valence-electron chi connectivity index (χ0n) is 39.9. The third-order valence-electron chi connectivity index (χ3n) is 8.89. The van der Waals surface area contributed by atoms with Gasteiger partial charge in [0.1, 0.15) is 30.5 Å². The number of terminal acetylenes is 1. The molecule has 10 N–H and O–H groups in total. The third kappa shape index (κ3) is 35.7. The monoisotopic (exact) mass is 1030 g/mol. The summed E-state index contributed by atoms with van der Waals surface area (Å²) in [6.45, 7) is 10.9. The van der Waals surface area contributed by atoms with E-state index in [0.29, 0.717) is 32.1 Å². The summed E-state index contributed by atoms with van der Waals surface area (Å²) in [5.41, 5.74) is 3.16. The molecule has 0 amide bonds. The van der Waals surface area contributed by atoms with Crippen molar-refractivity contribution in [2.75, 3.05) is 7.11 Å². The van der Waals surface area contributed by atoms with E-state index in [0.717, 1.165) is 24.7 Å². The quantitative estimate of drug-likeness (QED) is 0.0367. The van der Waals surface area contributed by atoms with Crippen LogP contribution in [0, 0.1) is 76.5 Å². The smallest absolute Gasteiger partial charge is 0.163 e. The summed E-state index contributed by atoms with van der Waals surface area (Å²) in [4.78, 5) is 3.58. The van der Waals surface area contributed by atoms with E-state index in [2.05, 4.69) is 117 Å². The van der Waals surface area contributed by atoms with Crippen LogP contribution in [0.3, 0.4) is 0 Å². The van der Waals surface area contributed by atoms with Gasteiger partial charge in [0, 0.05) is 79.4 Å². The van der Waals surface area contributed by atoms with E-state index >= 15 is 0 Å². The highest BCUT2D eigenvalue weighted by atomic mass is 79.9. The minimum absolute atomic E-state index is 0.0177. The van der Waals surface area contributed by atoms with E-state index < -0.39 is 48.5 Å². The number of hydrogen-bond acceptors (Lipinski definition) is 12. The Morgan fingerprint density at radius 3 is 1.75 bits per heavy atom. The summed E-state index contributed by atoms with van der Waals surface area (Å²) in [5.74, 6) is 25.6. The summed E-state index contributed by atoms with van der Waals surface area (Å²) >= 11 is 7.13. The van der Waals surface area contributed by atoms with Gasteiger partial charge in [0.2, 0.25) is 0 Å². The van der Waals surface area contributed by atoms with E-state index in [1.54, 1.807) is 12.2 Å². The van der Waals surface area contributed by atoms with Crippen molar-refractivity contribution in [2.24, 2.45) is 0 Å². The Morgan fingerprint density at radius 1 is 0.768 bits per heavy atom. The fourth-order valence-corrected chi connectivity index (χ4v) is 5.61. The molecule has 1 aliphatic heterocycles. The highest BCUT2D eigenvalue weighted by Crippen LogP contribution is 2.31. The lowest BCUT2D eigenvalue weighted by Gasteiger charge is -2.16. The van der Waals surface area contributed by atoms with Gasteiger partial charge in [0.05, 0.1) is 54.3 Å². The van der Waals surface area contributed by atoms with Crippen LogP contribution in [0.4, 0.5) is 0 Å². The Balaban J connectivity index is 0. The van der Waals surface area contributed by atoms with Gasteiger partial charge in [0.25, 0.3) is 0 Å². The molecule has 0 bridgehead atoms. The van der Waals surface area contributed by atoms with Crippen LogP contribution in [0.5, 0.6) is 0 Å². The van der Waals surface area contributed by atoms with Gasteiger partial charge in [-0.1, -0.05) is 117 Å². The number of aliphatic hydroxyl groups excluding tert-OH is 8. The molecule has 0 unspecified atom stereocenters. The Kier molecular flexibility index (Phi) is 41.2. The van der Waals surface area contributed by atoms with Gasteiger partial charge >= 0.3 is 0 Å². The van der Waals surface area contributed by atoms with Gasteiger partial charge in [-0.2, -0.15) is 0 Å². The Hall–Kier alpha value is -5.04. The van der Waals surface area contributed by atoms with Crippen molar-refractivity contribution in [3.63, 3.8) is 0 Å². The molecule has 0 spiro atoms. The summed E-state index contributed by atoms with van der Waals surface area (Å²) in [6, 6.07) is 19.7. The van der Waals surface area contributed by atoms with Crippen LogP contribution < -0.4 is 5.00 Å². The zero-order chi connectivity index (χ0) is 52.3. The maximum absolute atomic E-state index is 9.86. The third-order valence-corrected chi connectivity index (χ3v) is 9.12. The average molecular weight is 1030 g/mol. The lowest BCUT2D eigenvalue weighted by atomic mass is 10.00. The molecule has 9 atom stereocenters. The van der Waals surface area contributed by atoms with Crippen LogP contribution in [0.2, 0.25) is 0 Å². The van der Waals surface area contributed by atoms with Gasteiger partial charge in [-0.05, 0) is 66.3 Å². The lowest BCUT2D eigenvalue weighted by molar-refractivity contribution is -0.145. The van der Waals surface area contributed by atoms with Gasteiger partial charge in [-0.25, -0.2) is 0 Å². The maximum Gasteiger partial charge on any atom is 0.163 e. The second kappa shape index (κ2) is 43.0. The Labute approximate surface area is 424 Å². The first kappa shape index (κ1) is 66.0. The fourth-order valence-electron chi connectivity index (χ4n) is 5.37. The first-order valence-corrected chi connectivity index (χ1v) is 23.0. The van der Waals surface area contributed by atoms with Gasteiger partial charge in [-0.15, -0.1) is 17.3 Å². The standard InChI is InChI=1S/C20H24O3.C17H20O3.C12H13O2.C5H5BrO.CH4O.ClH2NO/c1-4-17(21)13-9-6-10-14-18-19(23-20(2,3)22-18)15-16-11-7-5-8-12-16;1-2-15(18)11-7-4-8-12-16(19)17(20)13-14-9-5-3-6-10-14;1-2-6-11(13)12(14)9-10-7-4-3-5-8-10;1-2-5(7)3-4-6;1-2;1-2-3/h5,7-8,11-12,17-19,21H,4,14-15H2,1-3H3;3,5-6,9-10,15-20H,2,12-13H2,1H3;1,4-5,7-8,11-14H,6,9H2;2,5,7H,1H2;2H,1H3;2-3H/q;;+1;;;/t17-,18+,19+;15-,16+,17+;11-,12-;5-;;/m0010../s1. The van der Waals surface area contributed by atoms with Crippen molar-refractivity contribution in [2.45, 2.75) is 140 Å². The number of halogens is 2. The maximum atomic E-state index is 9.86. The van der Waals surface area contributed by atoms with E-state index in [1.165, 1.54) is 16.6 Å². The summed E-state index contributed by atoms with van der Waals surface area (Å²) in [5, 5.41) is 79.7. The molecule has 4 rings (SSSR count).